The van der Waals surface area contributed by atoms with E-state index < -0.39 is 10.0 Å². The van der Waals surface area contributed by atoms with Gasteiger partial charge in [0, 0.05) is 24.5 Å². The Balaban J connectivity index is 1.68. The van der Waals surface area contributed by atoms with E-state index in [0.717, 1.165) is 24.1 Å². The standard InChI is InChI=1S/C17H26N2O4S2/c1-13-12-23-14(2)11-19(13)16(20)10-15-6-7-17(24-15)25(21,22)18-8-4-3-5-9-18/h6-7,13-14H,3-5,8-12H2,1-2H3. The Morgan fingerprint density at radius 3 is 2.68 bits per heavy atom. The van der Waals surface area contributed by atoms with Gasteiger partial charge in [-0.05, 0) is 38.8 Å². The minimum atomic E-state index is -3.41. The first-order chi connectivity index (χ1) is 11.9. The van der Waals surface area contributed by atoms with E-state index in [1.807, 2.05) is 18.7 Å². The highest BCUT2D eigenvalue weighted by Gasteiger charge is 2.30. The molecule has 0 spiro atoms. The lowest BCUT2D eigenvalue weighted by Gasteiger charge is -2.36. The monoisotopic (exact) mass is 386 g/mol. The van der Waals surface area contributed by atoms with Gasteiger partial charge in [-0.25, -0.2) is 8.42 Å². The highest BCUT2D eigenvalue weighted by Crippen LogP contribution is 2.28. The van der Waals surface area contributed by atoms with Crippen molar-refractivity contribution in [2.45, 2.75) is 55.9 Å². The molecule has 8 heteroatoms. The maximum absolute atomic E-state index is 12.7. The van der Waals surface area contributed by atoms with Gasteiger partial charge in [0.15, 0.2) is 0 Å². The lowest BCUT2D eigenvalue weighted by Crippen LogP contribution is -2.50. The summed E-state index contributed by atoms with van der Waals surface area (Å²) in [6.45, 7) is 6.26. The fraction of sp³-hybridized carbons (Fsp3) is 0.706. The Morgan fingerprint density at radius 2 is 1.96 bits per heavy atom. The molecule has 140 valence electrons. The van der Waals surface area contributed by atoms with Crippen LogP contribution in [0.2, 0.25) is 0 Å². The fourth-order valence-electron chi connectivity index (χ4n) is 3.33. The highest BCUT2D eigenvalue weighted by molar-refractivity contribution is 7.91. The van der Waals surface area contributed by atoms with Gasteiger partial charge in [0.25, 0.3) is 10.0 Å². The van der Waals surface area contributed by atoms with Gasteiger partial charge < -0.3 is 9.64 Å². The Labute approximate surface area is 153 Å². The van der Waals surface area contributed by atoms with Crippen molar-refractivity contribution in [2.24, 2.45) is 0 Å². The quantitative estimate of drug-likeness (QED) is 0.795. The molecule has 1 aromatic rings. The second kappa shape index (κ2) is 7.73. The number of ether oxygens (including phenoxy) is 1. The molecule has 25 heavy (non-hydrogen) atoms. The molecule has 3 heterocycles. The lowest BCUT2D eigenvalue weighted by atomic mass is 10.2. The van der Waals surface area contributed by atoms with Crippen LogP contribution in [0.4, 0.5) is 0 Å². The van der Waals surface area contributed by atoms with Crippen LogP contribution < -0.4 is 0 Å². The van der Waals surface area contributed by atoms with E-state index in [1.54, 1.807) is 16.4 Å². The van der Waals surface area contributed by atoms with Crippen molar-refractivity contribution in [3.05, 3.63) is 17.0 Å². The second-order valence-corrected chi connectivity index (χ2v) is 10.2. The van der Waals surface area contributed by atoms with Crippen LogP contribution in [0.3, 0.4) is 0 Å². The zero-order valence-electron chi connectivity index (χ0n) is 14.8. The molecule has 0 aliphatic carbocycles. The number of rotatable bonds is 4. The zero-order chi connectivity index (χ0) is 18.0. The molecule has 1 aromatic heterocycles. The minimum absolute atomic E-state index is 0.0337. The Morgan fingerprint density at radius 1 is 1.24 bits per heavy atom. The predicted octanol–water partition coefficient (Wildman–Crippen LogP) is 2.10. The number of morpholine rings is 1. The molecule has 2 atom stereocenters. The van der Waals surface area contributed by atoms with Crippen molar-refractivity contribution in [2.75, 3.05) is 26.2 Å². The number of hydrogen-bond acceptors (Lipinski definition) is 5. The van der Waals surface area contributed by atoms with Crippen LogP contribution in [0.5, 0.6) is 0 Å². The third-order valence-corrected chi connectivity index (χ3v) is 8.25. The van der Waals surface area contributed by atoms with Gasteiger partial charge in [0.1, 0.15) is 4.21 Å². The average molecular weight is 387 g/mol. The van der Waals surface area contributed by atoms with Gasteiger partial charge in [-0.15, -0.1) is 11.3 Å². The number of hydrogen-bond donors (Lipinski definition) is 0. The number of sulfonamides is 1. The first-order valence-electron chi connectivity index (χ1n) is 8.88. The molecular formula is C17H26N2O4S2. The summed E-state index contributed by atoms with van der Waals surface area (Å²) in [5.74, 6) is 0.0337. The van der Waals surface area contributed by atoms with Gasteiger partial charge in [0.2, 0.25) is 5.91 Å². The van der Waals surface area contributed by atoms with Gasteiger partial charge in [-0.1, -0.05) is 6.42 Å². The molecular weight excluding hydrogens is 360 g/mol. The smallest absolute Gasteiger partial charge is 0.252 e. The van der Waals surface area contributed by atoms with Crippen LogP contribution in [-0.2, 0) is 26.0 Å². The maximum Gasteiger partial charge on any atom is 0.252 e. The lowest BCUT2D eigenvalue weighted by molar-refractivity contribution is -0.142. The van der Waals surface area contributed by atoms with Crippen molar-refractivity contribution < 1.29 is 17.9 Å². The molecule has 0 bridgehead atoms. The van der Waals surface area contributed by atoms with Gasteiger partial charge in [-0.2, -0.15) is 4.31 Å². The summed E-state index contributed by atoms with van der Waals surface area (Å²) in [5.41, 5.74) is 0. The summed E-state index contributed by atoms with van der Waals surface area (Å²) in [7, 11) is -3.41. The Hall–Kier alpha value is -0.960. The van der Waals surface area contributed by atoms with E-state index in [-0.39, 0.29) is 24.5 Å². The average Bonchev–Trinajstić information content (AvgIpc) is 3.07. The van der Waals surface area contributed by atoms with Crippen LogP contribution in [0, 0.1) is 0 Å². The molecule has 3 rings (SSSR count). The summed E-state index contributed by atoms with van der Waals surface area (Å²) in [6.07, 6.45) is 3.22. The second-order valence-electron chi connectivity index (χ2n) is 6.90. The SMILES string of the molecule is CC1CN(C(=O)Cc2ccc(S(=O)(=O)N3CCCCC3)s2)C(C)CO1. The van der Waals surface area contributed by atoms with Crippen molar-refractivity contribution in [1.82, 2.24) is 9.21 Å². The minimum Gasteiger partial charge on any atom is -0.375 e. The van der Waals surface area contributed by atoms with E-state index in [2.05, 4.69) is 0 Å². The van der Waals surface area contributed by atoms with Crippen molar-refractivity contribution in [3.8, 4) is 0 Å². The number of thiophene rings is 1. The first-order valence-corrected chi connectivity index (χ1v) is 11.1. The summed E-state index contributed by atoms with van der Waals surface area (Å²) in [4.78, 5) is 15.2. The van der Waals surface area contributed by atoms with E-state index in [1.165, 1.54) is 11.3 Å². The van der Waals surface area contributed by atoms with E-state index >= 15 is 0 Å². The predicted molar refractivity (Wildman–Crippen MR) is 97.2 cm³/mol. The largest absolute Gasteiger partial charge is 0.375 e. The van der Waals surface area contributed by atoms with Crippen molar-refractivity contribution in [3.63, 3.8) is 0 Å². The molecule has 6 nitrogen and oxygen atoms in total. The number of amides is 1. The molecule has 2 aliphatic heterocycles. The molecule has 0 N–H and O–H groups in total. The molecule has 2 unspecified atom stereocenters. The van der Waals surface area contributed by atoms with Gasteiger partial charge >= 0.3 is 0 Å². The summed E-state index contributed by atoms with van der Waals surface area (Å²) in [6, 6.07) is 3.47. The Kier molecular flexibility index (Phi) is 5.82. The van der Waals surface area contributed by atoms with Crippen LogP contribution in [-0.4, -0.2) is 61.9 Å². The normalized spacial score (nSPS) is 25.9. The molecule has 0 saturated carbocycles. The molecule has 2 aliphatic rings. The summed E-state index contributed by atoms with van der Waals surface area (Å²) < 4.78 is 32.9. The van der Waals surface area contributed by atoms with Crippen molar-refractivity contribution in [1.29, 1.82) is 0 Å². The molecule has 2 saturated heterocycles. The van der Waals surface area contributed by atoms with Crippen molar-refractivity contribution >= 4 is 27.3 Å². The first kappa shape index (κ1) is 18.8. The summed E-state index contributed by atoms with van der Waals surface area (Å²) in [5, 5.41) is 0. The summed E-state index contributed by atoms with van der Waals surface area (Å²) >= 11 is 1.22. The van der Waals surface area contributed by atoms with Crippen LogP contribution in [0.15, 0.2) is 16.3 Å². The van der Waals surface area contributed by atoms with Crippen LogP contribution in [0.1, 0.15) is 38.0 Å². The molecule has 0 aromatic carbocycles. The van der Waals surface area contributed by atoms with Crippen LogP contribution in [0.25, 0.3) is 0 Å². The van der Waals surface area contributed by atoms with E-state index in [0.29, 0.717) is 30.5 Å². The van der Waals surface area contributed by atoms with Gasteiger partial charge in [-0.3, -0.25) is 4.79 Å². The molecule has 0 radical (unpaired) electrons. The van der Waals surface area contributed by atoms with Crippen LogP contribution >= 0.6 is 11.3 Å². The Bertz CT molecular complexity index is 710. The zero-order valence-corrected chi connectivity index (χ0v) is 16.4. The molecule has 1 amide bonds. The number of carbonyl (C=O) groups excluding carboxylic acids is 1. The van der Waals surface area contributed by atoms with E-state index in [4.69, 9.17) is 4.74 Å². The third kappa shape index (κ3) is 4.24. The fourth-order valence-corrected chi connectivity index (χ4v) is 6.34. The number of nitrogens with zero attached hydrogens (tertiary/aromatic N) is 2. The molecule has 2 fully saturated rings. The number of carbonyl (C=O) groups is 1. The van der Waals surface area contributed by atoms with Gasteiger partial charge in [0.05, 0.1) is 25.2 Å². The highest BCUT2D eigenvalue weighted by atomic mass is 32.2. The topological polar surface area (TPSA) is 66.9 Å². The third-order valence-electron chi connectivity index (χ3n) is 4.80. The van der Waals surface area contributed by atoms with E-state index in [9.17, 15) is 13.2 Å². The number of piperidine rings is 1. The maximum atomic E-state index is 12.7.